The first kappa shape index (κ1) is 21.2. The minimum Gasteiger partial charge on any atom is -0.376 e. The van der Waals surface area contributed by atoms with Crippen LogP contribution in [-0.2, 0) is 11.0 Å². The first-order valence-corrected chi connectivity index (χ1v) is 12.5. The normalized spacial score (nSPS) is 15.5. The van der Waals surface area contributed by atoms with Gasteiger partial charge in [0, 0.05) is 33.5 Å². The number of hydrogen-bond acceptors (Lipinski definition) is 2. The van der Waals surface area contributed by atoms with E-state index in [1.165, 1.54) is 22.3 Å². The molecule has 0 aromatic heterocycles. The lowest BCUT2D eigenvalue weighted by Gasteiger charge is -2.29. The Balaban J connectivity index is 1.35. The molecule has 0 fully saturated rings. The number of aliphatic hydroxyl groups is 1. The molecule has 174 valence electrons. The Hall–Kier alpha value is -4.14. The molecule has 2 aliphatic rings. The molecule has 2 heteroatoms. The lowest BCUT2D eigenvalue weighted by molar-refractivity contribution is 0.131. The summed E-state index contributed by atoms with van der Waals surface area (Å²) in [6, 6.07) is 39.8. The van der Waals surface area contributed by atoms with E-state index in [0.29, 0.717) is 0 Å². The first-order valence-electron chi connectivity index (χ1n) is 12.5. The molecule has 0 bridgehead atoms. The van der Waals surface area contributed by atoms with Crippen molar-refractivity contribution in [1.29, 1.82) is 0 Å². The third-order valence-corrected chi connectivity index (χ3v) is 8.10. The predicted octanol–water partition coefficient (Wildman–Crippen LogP) is 8.00. The summed E-state index contributed by atoms with van der Waals surface area (Å²) >= 11 is 0. The smallest absolute Gasteiger partial charge is 0.143 e. The van der Waals surface area contributed by atoms with Crippen molar-refractivity contribution in [3.63, 3.8) is 0 Å². The van der Waals surface area contributed by atoms with Gasteiger partial charge >= 0.3 is 0 Å². The van der Waals surface area contributed by atoms with E-state index in [-0.39, 0.29) is 5.41 Å². The lowest BCUT2D eigenvalue weighted by atomic mass is 9.82. The number of para-hydroxylation sites is 1. The molecule has 0 aliphatic heterocycles. The summed E-state index contributed by atoms with van der Waals surface area (Å²) in [5, 5.41) is 16.1. The summed E-state index contributed by atoms with van der Waals surface area (Å²) in [6.07, 6.45) is 0. The molecule has 2 aliphatic carbocycles. The van der Waals surface area contributed by atoms with Gasteiger partial charge in [0.05, 0.1) is 0 Å². The third-order valence-electron chi connectivity index (χ3n) is 8.10. The molecule has 0 heterocycles. The highest BCUT2D eigenvalue weighted by atomic mass is 16.3. The Kier molecular flexibility index (Phi) is 4.37. The van der Waals surface area contributed by atoms with Gasteiger partial charge in [-0.3, -0.25) is 0 Å². The number of nitrogens with one attached hydrogen (secondary N) is 1. The summed E-state index contributed by atoms with van der Waals surface area (Å²) in [4.78, 5) is 0. The Bertz CT molecular complexity index is 1620. The van der Waals surface area contributed by atoms with E-state index in [2.05, 4.69) is 79.8 Å². The maximum atomic E-state index is 12.4. The number of anilines is 2. The second-order valence-electron chi connectivity index (χ2n) is 10.4. The Morgan fingerprint density at radius 2 is 0.972 bits per heavy atom. The van der Waals surface area contributed by atoms with Gasteiger partial charge in [0.25, 0.3) is 0 Å². The fraction of sp³-hybridized carbons (Fsp3) is 0.118. The molecule has 36 heavy (non-hydrogen) atoms. The standard InChI is InChI=1S/C34H27NO/c1-33(2)27-14-6-3-11-23(27)26-20-19-22(21-31(26)33)35-32-18-10-9-17-30(32)34(36)28-15-7-4-12-24(28)25-13-5-8-16-29(25)34/h3-21,35-36H,1-2H3. The Labute approximate surface area is 211 Å². The monoisotopic (exact) mass is 465 g/mol. The molecule has 0 atom stereocenters. The van der Waals surface area contributed by atoms with Crippen molar-refractivity contribution in [2.75, 3.05) is 5.32 Å². The van der Waals surface area contributed by atoms with Gasteiger partial charge in [-0.15, -0.1) is 0 Å². The molecule has 0 unspecified atom stereocenters. The van der Waals surface area contributed by atoms with E-state index in [9.17, 15) is 5.11 Å². The van der Waals surface area contributed by atoms with Crippen LogP contribution in [0.5, 0.6) is 0 Å². The number of rotatable bonds is 3. The molecule has 2 N–H and O–H groups in total. The van der Waals surface area contributed by atoms with E-state index < -0.39 is 5.60 Å². The van der Waals surface area contributed by atoms with Gasteiger partial charge in [0.1, 0.15) is 5.60 Å². The Morgan fingerprint density at radius 3 is 1.61 bits per heavy atom. The van der Waals surface area contributed by atoms with Crippen molar-refractivity contribution in [2.45, 2.75) is 24.9 Å². The van der Waals surface area contributed by atoms with E-state index in [4.69, 9.17) is 0 Å². The zero-order valence-corrected chi connectivity index (χ0v) is 20.4. The summed E-state index contributed by atoms with van der Waals surface area (Å²) in [5.74, 6) is 0. The second-order valence-corrected chi connectivity index (χ2v) is 10.4. The van der Waals surface area contributed by atoms with Crippen LogP contribution in [-0.4, -0.2) is 5.11 Å². The zero-order chi connectivity index (χ0) is 24.5. The molecule has 0 radical (unpaired) electrons. The molecule has 5 aromatic rings. The van der Waals surface area contributed by atoms with Gasteiger partial charge < -0.3 is 10.4 Å². The van der Waals surface area contributed by atoms with Gasteiger partial charge in [-0.1, -0.05) is 111 Å². The summed E-state index contributed by atoms with van der Waals surface area (Å²) < 4.78 is 0. The largest absolute Gasteiger partial charge is 0.376 e. The highest BCUT2D eigenvalue weighted by Gasteiger charge is 2.44. The second kappa shape index (κ2) is 7.43. The average molecular weight is 466 g/mol. The molecule has 2 nitrogen and oxygen atoms in total. The van der Waals surface area contributed by atoms with Crippen LogP contribution in [0.15, 0.2) is 115 Å². The fourth-order valence-electron chi connectivity index (χ4n) is 6.35. The number of benzene rings is 5. The van der Waals surface area contributed by atoms with E-state index >= 15 is 0 Å². The van der Waals surface area contributed by atoms with Crippen molar-refractivity contribution < 1.29 is 5.11 Å². The van der Waals surface area contributed by atoms with E-state index in [1.807, 2.05) is 54.6 Å². The first-order chi connectivity index (χ1) is 17.5. The molecule has 0 saturated heterocycles. The van der Waals surface area contributed by atoms with Crippen molar-refractivity contribution in [2.24, 2.45) is 0 Å². The van der Waals surface area contributed by atoms with Crippen LogP contribution in [0.3, 0.4) is 0 Å². The fourth-order valence-corrected chi connectivity index (χ4v) is 6.35. The summed E-state index contributed by atoms with van der Waals surface area (Å²) in [7, 11) is 0. The zero-order valence-electron chi connectivity index (χ0n) is 20.4. The predicted molar refractivity (Wildman–Crippen MR) is 148 cm³/mol. The maximum absolute atomic E-state index is 12.4. The van der Waals surface area contributed by atoms with E-state index in [1.54, 1.807) is 0 Å². The molecule has 0 spiro atoms. The highest BCUT2D eigenvalue weighted by Crippen LogP contribution is 2.53. The SMILES string of the molecule is CC1(C)c2ccccc2-c2ccc(Nc3ccccc3C3(O)c4ccccc4-c4ccccc43)cc21. The Morgan fingerprint density at radius 1 is 0.500 bits per heavy atom. The topological polar surface area (TPSA) is 32.3 Å². The minimum absolute atomic E-state index is 0.0648. The van der Waals surface area contributed by atoms with Gasteiger partial charge in [-0.25, -0.2) is 0 Å². The molecular weight excluding hydrogens is 438 g/mol. The molecular formula is C34H27NO. The van der Waals surface area contributed by atoms with Crippen LogP contribution >= 0.6 is 0 Å². The lowest BCUT2D eigenvalue weighted by Crippen LogP contribution is -2.27. The van der Waals surface area contributed by atoms with Gasteiger partial charge in [-0.05, 0) is 51.6 Å². The van der Waals surface area contributed by atoms with Gasteiger partial charge in [-0.2, -0.15) is 0 Å². The van der Waals surface area contributed by atoms with Gasteiger partial charge in [0.2, 0.25) is 0 Å². The van der Waals surface area contributed by atoms with Crippen LogP contribution in [0.2, 0.25) is 0 Å². The average Bonchev–Trinajstić information content (AvgIpc) is 3.31. The quantitative estimate of drug-likeness (QED) is 0.283. The van der Waals surface area contributed by atoms with Crippen LogP contribution in [0.1, 0.15) is 41.7 Å². The van der Waals surface area contributed by atoms with Crippen molar-refractivity contribution in [1.82, 2.24) is 0 Å². The van der Waals surface area contributed by atoms with Crippen molar-refractivity contribution >= 4 is 11.4 Å². The summed E-state index contributed by atoms with van der Waals surface area (Å²) in [6.45, 7) is 4.59. The maximum Gasteiger partial charge on any atom is 0.143 e. The van der Waals surface area contributed by atoms with Crippen LogP contribution in [0.4, 0.5) is 11.4 Å². The molecule has 0 saturated carbocycles. The number of hydrogen-bond donors (Lipinski definition) is 2. The van der Waals surface area contributed by atoms with Crippen LogP contribution in [0.25, 0.3) is 22.3 Å². The summed E-state index contributed by atoms with van der Waals surface area (Å²) in [5.41, 5.74) is 10.8. The molecule has 0 amide bonds. The van der Waals surface area contributed by atoms with Crippen molar-refractivity contribution in [3.8, 4) is 22.3 Å². The minimum atomic E-state index is -1.23. The molecule has 7 rings (SSSR count). The third kappa shape index (κ3) is 2.76. The molecule has 5 aromatic carbocycles. The van der Waals surface area contributed by atoms with Crippen LogP contribution in [0, 0.1) is 0 Å². The van der Waals surface area contributed by atoms with Crippen molar-refractivity contribution in [3.05, 3.63) is 143 Å². The highest BCUT2D eigenvalue weighted by molar-refractivity contribution is 5.85. The van der Waals surface area contributed by atoms with Gasteiger partial charge in [0.15, 0.2) is 0 Å². The number of fused-ring (bicyclic) bond motifs is 6. The van der Waals surface area contributed by atoms with E-state index in [0.717, 1.165) is 39.2 Å². The van der Waals surface area contributed by atoms with Crippen LogP contribution < -0.4 is 5.32 Å².